The Labute approximate surface area is 164 Å². The first-order chi connectivity index (χ1) is 13.7. The maximum absolute atomic E-state index is 12.5. The van der Waals surface area contributed by atoms with Gasteiger partial charge in [-0.2, -0.15) is 0 Å². The summed E-state index contributed by atoms with van der Waals surface area (Å²) < 4.78 is 43.2. The van der Waals surface area contributed by atoms with E-state index in [4.69, 9.17) is 0 Å². The van der Waals surface area contributed by atoms with Crippen molar-refractivity contribution in [3.8, 4) is 17.1 Å². The van der Waals surface area contributed by atoms with Crippen LogP contribution in [0.1, 0.15) is 26.2 Å². The van der Waals surface area contributed by atoms with E-state index in [0.717, 1.165) is 17.8 Å². The summed E-state index contributed by atoms with van der Waals surface area (Å²) in [6.45, 7) is 1.81. The molecule has 2 aromatic heterocycles. The number of rotatable bonds is 4. The van der Waals surface area contributed by atoms with Gasteiger partial charge in [0.25, 0.3) is 0 Å². The number of alkyl halides is 3. The normalized spacial score (nSPS) is 19.8. The predicted molar refractivity (Wildman–Crippen MR) is 101 cm³/mol. The van der Waals surface area contributed by atoms with E-state index in [1.165, 1.54) is 18.2 Å². The third kappa shape index (κ3) is 4.51. The summed E-state index contributed by atoms with van der Waals surface area (Å²) in [6.07, 6.45) is 0.950. The molecule has 0 aliphatic heterocycles. The summed E-state index contributed by atoms with van der Waals surface area (Å²) in [5.74, 6) is 0.0808. The van der Waals surface area contributed by atoms with E-state index in [2.05, 4.69) is 20.3 Å². The van der Waals surface area contributed by atoms with E-state index in [-0.39, 0.29) is 5.75 Å². The van der Waals surface area contributed by atoms with Crippen LogP contribution in [0.2, 0.25) is 0 Å². The highest BCUT2D eigenvalue weighted by Crippen LogP contribution is 2.30. The Morgan fingerprint density at radius 3 is 2.76 bits per heavy atom. The molecule has 1 aromatic carbocycles. The second kappa shape index (κ2) is 7.07. The van der Waals surface area contributed by atoms with Gasteiger partial charge in [0, 0.05) is 17.5 Å². The van der Waals surface area contributed by atoms with Crippen LogP contribution in [0.5, 0.6) is 5.75 Å². The Kier molecular flexibility index (Phi) is 4.70. The van der Waals surface area contributed by atoms with Crippen LogP contribution in [0.15, 0.2) is 54.4 Å². The van der Waals surface area contributed by atoms with Gasteiger partial charge < -0.3 is 15.2 Å². The molecule has 4 rings (SSSR count). The van der Waals surface area contributed by atoms with E-state index >= 15 is 0 Å². The molecule has 2 N–H and O–H groups in total. The van der Waals surface area contributed by atoms with E-state index in [0.29, 0.717) is 29.9 Å². The average Bonchev–Trinajstić information content (AvgIpc) is 3.05. The molecule has 6 nitrogen and oxygen atoms in total. The highest BCUT2D eigenvalue weighted by molar-refractivity contribution is 5.63. The lowest BCUT2D eigenvalue weighted by molar-refractivity contribution is -0.274. The number of benzene rings is 1. The van der Waals surface area contributed by atoms with Crippen LogP contribution in [0.3, 0.4) is 0 Å². The number of pyridine rings is 1. The molecule has 1 aliphatic carbocycles. The van der Waals surface area contributed by atoms with Gasteiger partial charge in [-0.15, -0.1) is 23.4 Å². The van der Waals surface area contributed by atoms with Crippen LogP contribution in [0.4, 0.5) is 18.9 Å². The fourth-order valence-corrected chi connectivity index (χ4v) is 3.24. The van der Waals surface area contributed by atoms with Crippen molar-refractivity contribution in [1.82, 2.24) is 14.6 Å². The van der Waals surface area contributed by atoms with Gasteiger partial charge >= 0.3 is 6.36 Å². The lowest BCUT2D eigenvalue weighted by Gasteiger charge is -2.27. The first-order valence-electron chi connectivity index (χ1n) is 9.08. The van der Waals surface area contributed by atoms with Gasteiger partial charge in [-0.05, 0) is 50.5 Å². The van der Waals surface area contributed by atoms with Crippen molar-refractivity contribution < 1.29 is 23.0 Å². The Morgan fingerprint density at radius 2 is 2.03 bits per heavy atom. The third-order valence-corrected chi connectivity index (χ3v) is 4.75. The van der Waals surface area contributed by atoms with Gasteiger partial charge in [0.1, 0.15) is 5.75 Å². The Bertz CT molecular complexity index is 1070. The molecule has 0 saturated carbocycles. The highest BCUT2D eigenvalue weighted by atomic mass is 19.4. The van der Waals surface area contributed by atoms with Crippen LogP contribution in [0.25, 0.3) is 17.0 Å². The lowest BCUT2D eigenvalue weighted by atomic mass is 9.90. The van der Waals surface area contributed by atoms with Gasteiger partial charge in [-0.25, -0.2) is 0 Å². The summed E-state index contributed by atoms with van der Waals surface area (Å²) in [4.78, 5) is 0. The maximum Gasteiger partial charge on any atom is 0.573 e. The zero-order valence-electron chi connectivity index (χ0n) is 15.6. The minimum absolute atomic E-state index is 0.319. The first-order valence-corrected chi connectivity index (χ1v) is 9.08. The number of halogens is 3. The Morgan fingerprint density at radius 1 is 1.21 bits per heavy atom. The molecular weight excluding hydrogens is 385 g/mol. The summed E-state index contributed by atoms with van der Waals surface area (Å²) in [7, 11) is 0. The second-order valence-electron chi connectivity index (χ2n) is 7.30. The van der Waals surface area contributed by atoms with Crippen molar-refractivity contribution in [1.29, 1.82) is 0 Å². The number of allylic oxidation sites excluding steroid dienone is 1. The van der Waals surface area contributed by atoms with Gasteiger partial charge in [-0.1, -0.05) is 18.2 Å². The minimum atomic E-state index is -4.76. The molecule has 0 radical (unpaired) electrons. The van der Waals surface area contributed by atoms with E-state index in [1.807, 2.05) is 19.1 Å². The first kappa shape index (κ1) is 19.3. The van der Waals surface area contributed by atoms with Gasteiger partial charge in [0.15, 0.2) is 11.5 Å². The Hall–Kier alpha value is -3.07. The number of nitrogens with one attached hydrogen (secondary N) is 1. The molecule has 1 aliphatic rings. The summed E-state index contributed by atoms with van der Waals surface area (Å²) >= 11 is 0. The minimum Gasteiger partial charge on any atom is -0.406 e. The monoisotopic (exact) mass is 404 g/mol. The average molecular weight is 404 g/mol. The number of fused-ring (bicyclic) bond motifs is 1. The largest absolute Gasteiger partial charge is 0.573 e. The van der Waals surface area contributed by atoms with Crippen LogP contribution in [-0.4, -0.2) is 31.7 Å². The van der Waals surface area contributed by atoms with Crippen LogP contribution >= 0.6 is 0 Å². The van der Waals surface area contributed by atoms with Crippen molar-refractivity contribution >= 4 is 11.3 Å². The number of hydrogen-bond donors (Lipinski definition) is 2. The number of nitrogens with zero attached hydrogens (tertiary/aromatic N) is 3. The summed E-state index contributed by atoms with van der Waals surface area (Å²) in [6, 6.07) is 9.25. The van der Waals surface area contributed by atoms with E-state index in [1.54, 1.807) is 22.7 Å². The molecule has 0 saturated heterocycles. The van der Waals surface area contributed by atoms with Crippen LogP contribution < -0.4 is 10.1 Å². The van der Waals surface area contributed by atoms with Crippen molar-refractivity contribution in [2.24, 2.45) is 0 Å². The third-order valence-electron chi connectivity index (χ3n) is 4.75. The number of hydrogen-bond acceptors (Lipinski definition) is 5. The SMILES string of the molecule is C[C@@]1(O)CC=C(Nc2ccc3nnc(-c4cccc(OC(F)(F)F)c4)n3c2)CC1. The number of anilines is 1. The van der Waals surface area contributed by atoms with Crippen molar-refractivity contribution in [3.05, 3.63) is 54.4 Å². The molecule has 29 heavy (non-hydrogen) atoms. The number of aliphatic hydroxyl groups is 1. The molecule has 0 fully saturated rings. The topological polar surface area (TPSA) is 71.7 Å². The zero-order chi connectivity index (χ0) is 20.6. The molecular formula is C20H19F3N4O2. The molecule has 9 heteroatoms. The van der Waals surface area contributed by atoms with Crippen molar-refractivity contribution in [2.45, 2.75) is 38.1 Å². The summed E-state index contributed by atoms with van der Waals surface area (Å²) in [5.41, 5.74) is 2.12. The second-order valence-corrected chi connectivity index (χ2v) is 7.30. The van der Waals surface area contributed by atoms with Crippen LogP contribution in [0, 0.1) is 0 Å². The molecule has 3 aromatic rings. The molecule has 0 spiro atoms. The maximum atomic E-state index is 12.5. The van der Waals surface area contributed by atoms with E-state index in [9.17, 15) is 18.3 Å². The Balaban J connectivity index is 1.63. The zero-order valence-corrected chi connectivity index (χ0v) is 15.6. The van der Waals surface area contributed by atoms with Crippen LogP contribution in [-0.2, 0) is 0 Å². The van der Waals surface area contributed by atoms with Gasteiger partial charge in [0.2, 0.25) is 0 Å². The summed E-state index contributed by atoms with van der Waals surface area (Å²) in [5, 5.41) is 21.6. The fourth-order valence-electron chi connectivity index (χ4n) is 3.24. The molecule has 152 valence electrons. The predicted octanol–water partition coefficient (Wildman–Crippen LogP) is 4.53. The fraction of sp³-hybridized carbons (Fsp3) is 0.300. The quantitative estimate of drug-likeness (QED) is 0.669. The lowest BCUT2D eigenvalue weighted by Crippen LogP contribution is -2.27. The number of ether oxygens (including phenoxy) is 1. The van der Waals surface area contributed by atoms with Gasteiger partial charge in [-0.3, -0.25) is 4.40 Å². The van der Waals surface area contributed by atoms with Gasteiger partial charge in [0.05, 0.1) is 11.3 Å². The van der Waals surface area contributed by atoms with E-state index < -0.39 is 12.0 Å². The smallest absolute Gasteiger partial charge is 0.406 e. The number of aromatic nitrogens is 3. The van der Waals surface area contributed by atoms with Crippen molar-refractivity contribution in [2.75, 3.05) is 5.32 Å². The molecule has 0 unspecified atom stereocenters. The standard InChI is InChI=1S/C20H19F3N4O2/c1-19(28)9-7-14(8-10-19)24-15-5-6-17-25-26-18(27(17)12-15)13-3-2-4-16(11-13)29-20(21,22)23/h2-7,11-12,24,28H,8-10H2,1H3/t19-/m1/s1. The molecule has 0 amide bonds. The highest BCUT2D eigenvalue weighted by Gasteiger charge is 2.31. The molecule has 2 heterocycles. The molecule has 1 atom stereocenters. The van der Waals surface area contributed by atoms with Crippen molar-refractivity contribution in [3.63, 3.8) is 0 Å². The molecule has 0 bridgehead atoms.